The fraction of sp³-hybridized carbons (Fsp3) is 0.867. The number of alkyl halides is 4. The largest absolute Gasteiger partial charge is 0.447 e. The van der Waals surface area contributed by atoms with Gasteiger partial charge < -0.3 is 4.48 Å². The zero-order valence-corrected chi connectivity index (χ0v) is 16.3. The van der Waals surface area contributed by atoms with E-state index in [4.69, 9.17) is 4.55 Å². The van der Waals surface area contributed by atoms with Crippen LogP contribution in [0.15, 0.2) is 0 Å². The first-order chi connectivity index (χ1) is 12.2. The van der Waals surface area contributed by atoms with Crippen molar-refractivity contribution in [2.24, 2.45) is 0 Å². The summed E-state index contributed by atoms with van der Waals surface area (Å²) in [5.74, 6) is -5.21. The molecule has 0 spiro atoms. The van der Waals surface area contributed by atoms with E-state index in [1.807, 2.05) is 6.92 Å². The van der Waals surface area contributed by atoms with Crippen molar-refractivity contribution in [3.63, 3.8) is 0 Å². The monoisotopic (exact) mass is 425 g/mol. The second-order valence-corrected chi connectivity index (χ2v) is 8.33. The number of halogens is 5. The van der Waals surface area contributed by atoms with Crippen molar-refractivity contribution >= 4 is 10.1 Å². The molecule has 0 fully saturated rings. The average Bonchev–Trinajstić information content (AvgIpc) is 2.48. The lowest BCUT2D eigenvalue weighted by molar-refractivity contribution is -0.904. The molecule has 0 radical (unpaired) electrons. The van der Waals surface area contributed by atoms with Crippen LogP contribution in [0.2, 0.25) is 0 Å². The average molecular weight is 425 g/mol. The van der Waals surface area contributed by atoms with E-state index < -0.39 is 27.9 Å². The Balaban J connectivity index is 5.23. The zero-order chi connectivity index (χ0) is 21.4. The van der Waals surface area contributed by atoms with Gasteiger partial charge in [0.2, 0.25) is 0 Å². The number of hydroxylamine groups is 2. The summed E-state index contributed by atoms with van der Waals surface area (Å²) in [4.78, 5) is 4.16. The highest BCUT2D eigenvalue weighted by Gasteiger charge is 2.59. The molecule has 0 amide bonds. The zero-order valence-electron chi connectivity index (χ0n) is 15.5. The van der Waals surface area contributed by atoms with Gasteiger partial charge in [-0.15, -0.1) is 9.45 Å². The van der Waals surface area contributed by atoms with Crippen LogP contribution in [0, 0.1) is 12.1 Å². The van der Waals surface area contributed by atoms with Crippen LogP contribution < -0.4 is 0 Å². The van der Waals surface area contributed by atoms with Crippen LogP contribution in [-0.2, 0) is 15.0 Å². The van der Waals surface area contributed by atoms with Gasteiger partial charge in [0.05, 0.1) is 20.6 Å². The van der Waals surface area contributed by atoms with Crippen molar-refractivity contribution in [2.45, 2.75) is 44.6 Å². The van der Waals surface area contributed by atoms with Crippen molar-refractivity contribution in [3.05, 3.63) is 0 Å². The van der Waals surface area contributed by atoms with E-state index >= 15 is 0 Å². The van der Waals surface area contributed by atoms with Crippen LogP contribution in [0.3, 0.4) is 0 Å². The molecule has 0 aromatic heterocycles. The molecule has 1 N–H and O–H groups in total. The summed E-state index contributed by atoms with van der Waals surface area (Å²) >= 11 is 0. The van der Waals surface area contributed by atoms with Gasteiger partial charge in [-0.1, -0.05) is 26.2 Å². The van der Waals surface area contributed by atoms with Gasteiger partial charge >= 0.3 is 12.0 Å². The van der Waals surface area contributed by atoms with Crippen LogP contribution in [0.1, 0.15) is 32.6 Å². The Kier molecular flexibility index (Phi) is 10.1. The Hall–Kier alpha value is -1.00. The summed E-state index contributed by atoms with van der Waals surface area (Å²) in [6.45, 7) is 1.23. The second-order valence-electron chi connectivity index (χ2n) is 6.75. The van der Waals surface area contributed by atoms with E-state index in [1.165, 1.54) is 14.1 Å². The molecule has 0 unspecified atom stereocenters. The van der Waals surface area contributed by atoms with E-state index in [0.29, 0.717) is 23.8 Å². The maximum Gasteiger partial charge on any atom is 0.447 e. The van der Waals surface area contributed by atoms with Crippen LogP contribution >= 0.6 is 0 Å². The van der Waals surface area contributed by atoms with Gasteiger partial charge in [0.25, 0.3) is 10.1 Å². The number of unbranched alkanes of at least 4 members (excludes halogenated alkanes) is 3. The predicted molar refractivity (Wildman–Crippen MR) is 89.0 cm³/mol. The molecule has 6 nitrogen and oxygen atoms in total. The van der Waals surface area contributed by atoms with E-state index in [-0.39, 0.29) is 30.4 Å². The smallest absolute Gasteiger partial charge is 0.313 e. The van der Waals surface area contributed by atoms with Crippen molar-refractivity contribution < 1.29 is 44.2 Å². The standard InChI is InChI=1S/C15H25F5N2O4S/c1-4-5-6-7-10-21(13-22(2,3)11-12-27(23,24)25)26-15(19,20)14(17,18)8-9-16/h4-7,10-13H2,1-3H3/p+1. The minimum absolute atomic E-state index is 0.137. The third-order valence-corrected chi connectivity index (χ3v) is 4.27. The summed E-state index contributed by atoms with van der Waals surface area (Å²) in [6.07, 6.45) is -2.17. The fourth-order valence-corrected chi connectivity index (χ4v) is 2.80. The van der Waals surface area contributed by atoms with Gasteiger partial charge in [-0.2, -0.15) is 26.0 Å². The molecule has 0 aromatic carbocycles. The lowest BCUT2D eigenvalue weighted by atomic mass is 10.2. The van der Waals surface area contributed by atoms with Gasteiger partial charge in [0, 0.05) is 12.5 Å². The van der Waals surface area contributed by atoms with Crippen LogP contribution in [0.4, 0.5) is 22.0 Å². The molecule has 0 aromatic rings. The van der Waals surface area contributed by atoms with Gasteiger partial charge in [0.15, 0.2) is 6.67 Å². The Morgan fingerprint density at radius 1 is 1.15 bits per heavy atom. The maximum absolute atomic E-state index is 13.7. The highest BCUT2D eigenvalue weighted by Crippen LogP contribution is 2.35. The lowest BCUT2D eigenvalue weighted by Gasteiger charge is -2.36. The molecule has 160 valence electrons. The molecule has 27 heavy (non-hydrogen) atoms. The van der Waals surface area contributed by atoms with Gasteiger partial charge in [0.1, 0.15) is 11.9 Å². The summed E-state index contributed by atoms with van der Waals surface area (Å²) in [7, 11) is -1.39. The molecule has 0 aliphatic heterocycles. The molecular weight excluding hydrogens is 399 g/mol. The van der Waals surface area contributed by atoms with Crippen molar-refractivity contribution in [3.8, 4) is 12.1 Å². The molecule has 0 aliphatic carbocycles. The molecule has 0 saturated carbocycles. The maximum atomic E-state index is 13.7. The van der Waals surface area contributed by atoms with Crippen molar-refractivity contribution in [1.82, 2.24) is 5.06 Å². The number of quaternary nitrogens is 1. The molecule has 12 heteroatoms. The lowest BCUT2D eigenvalue weighted by Crippen LogP contribution is -2.54. The molecule has 0 aliphatic rings. The predicted octanol–water partition coefficient (Wildman–Crippen LogP) is 2.88. The summed E-state index contributed by atoms with van der Waals surface area (Å²) < 4.78 is 96.2. The first kappa shape index (κ1) is 26.0. The Morgan fingerprint density at radius 2 is 1.74 bits per heavy atom. The summed E-state index contributed by atoms with van der Waals surface area (Å²) in [5, 5.41) is 0.591. The highest BCUT2D eigenvalue weighted by molar-refractivity contribution is 7.85. The quantitative estimate of drug-likeness (QED) is 0.0935. The second kappa shape index (κ2) is 10.5. The first-order valence-corrected chi connectivity index (χ1v) is 9.86. The van der Waals surface area contributed by atoms with Crippen molar-refractivity contribution in [2.75, 3.05) is 39.6 Å². The number of hydrogen-bond donors (Lipinski definition) is 1. The molecule has 0 bridgehead atoms. The Labute approximate surface area is 156 Å². The van der Waals surface area contributed by atoms with Gasteiger partial charge in [-0.05, 0) is 6.42 Å². The molecule has 0 saturated heterocycles. The third kappa shape index (κ3) is 10.8. The highest BCUT2D eigenvalue weighted by atomic mass is 32.2. The number of hydrogen-bond acceptors (Lipinski definition) is 4. The third-order valence-electron chi connectivity index (χ3n) is 3.57. The summed E-state index contributed by atoms with van der Waals surface area (Å²) in [6, 6.07) is 0. The topological polar surface area (TPSA) is 66.8 Å². The van der Waals surface area contributed by atoms with Gasteiger partial charge in [-0.3, -0.25) is 4.55 Å². The van der Waals surface area contributed by atoms with Gasteiger partial charge in [-0.25, -0.2) is 4.84 Å². The van der Waals surface area contributed by atoms with E-state index in [2.05, 4.69) is 4.84 Å². The molecule has 0 heterocycles. The molecular formula is C15H26F5N2O4S+. The fourth-order valence-electron chi connectivity index (χ4n) is 2.07. The van der Waals surface area contributed by atoms with Crippen LogP contribution in [0.5, 0.6) is 0 Å². The normalized spacial score (nSPS) is 13.6. The molecule has 0 rings (SSSR count). The SMILES string of the molecule is CCCCCCN(C[N+](C)(C)CCS(=O)(=O)O)OC(F)(F)C(F)(F)C#CF. The van der Waals surface area contributed by atoms with E-state index in [9.17, 15) is 30.4 Å². The minimum atomic E-state index is -5.08. The Bertz CT molecular complexity index is 617. The Morgan fingerprint density at radius 3 is 2.22 bits per heavy atom. The first-order valence-electron chi connectivity index (χ1n) is 8.25. The van der Waals surface area contributed by atoms with Crippen LogP contribution in [-0.4, -0.2) is 74.2 Å². The minimum Gasteiger partial charge on any atom is -0.313 e. The molecule has 0 atom stereocenters. The van der Waals surface area contributed by atoms with Crippen molar-refractivity contribution in [1.29, 1.82) is 0 Å². The van der Waals surface area contributed by atoms with Crippen LogP contribution in [0.25, 0.3) is 0 Å². The number of rotatable bonds is 13. The summed E-state index contributed by atoms with van der Waals surface area (Å²) in [5.41, 5.74) is 0. The van der Waals surface area contributed by atoms with E-state index in [1.54, 1.807) is 0 Å². The number of nitrogens with zero attached hydrogens (tertiary/aromatic N) is 2. The van der Waals surface area contributed by atoms with E-state index in [0.717, 1.165) is 12.8 Å².